The lowest BCUT2D eigenvalue weighted by atomic mass is 10.0. The first-order chi connectivity index (χ1) is 14.1. The van der Waals surface area contributed by atoms with Gasteiger partial charge in [-0.3, -0.25) is 9.59 Å². The van der Waals surface area contributed by atoms with E-state index >= 15 is 0 Å². The number of halogens is 1. The predicted octanol–water partition coefficient (Wildman–Crippen LogP) is 3.41. The van der Waals surface area contributed by atoms with E-state index in [0.29, 0.717) is 30.9 Å². The number of para-hydroxylation sites is 1. The van der Waals surface area contributed by atoms with Gasteiger partial charge in [-0.15, -0.1) is 11.8 Å². The lowest BCUT2D eigenvalue weighted by Gasteiger charge is -2.44. The van der Waals surface area contributed by atoms with Crippen molar-refractivity contribution in [3.05, 3.63) is 66.0 Å². The molecule has 0 bridgehead atoms. The quantitative estimate of drug-likeness (QED) is 0.769. The van der Waals surface area contributed by atoms with Crippen molar-refractivity contribution in [2.45, 2.75) is 17.7 Å². The summed E-state index contributed by atoms with van der Waals surface area (Å²) in [6, 6.07) is 15.0. The third-order valence-electron chi connectivity index (χ3n) is 5.51. The van der Waals surface area contributed by atoms with Gasteiger partial charge in [-0.25, -0.2) is 4.39 Å². The van der Waals surface area contributed by atoms with E-state index < -0.39 is 0 Å². The smallest absolute Gasteiger partial charge is 0.261 e. The molecule has 0 unspecified atom stereocenters. The Morgan fingerprint density at radius 1 is 1.00 bits per heavy atom. The fraction of sp³-hybridized carbons (Fsp3) is 0.364. The van der Waals surface area contributed by atoms with Crippen molar-refractivity contribution in [1.29, 1.82) is 0 Å². The van der Waals surface area contributed by atoms with Gasteiger partial charge in [0, 0.05) is 31.0 Å². The van der Waals surface area contributed by atoms with Gasteiger partial charge in [0.2, 0.25) is 0 Å². The van der Waals surface area contributed by atoms with Gasteiger partial charge in [-0.05, 0) is 49.2 Å². The number of carbonyl (C=O) groups is 2. The Hall–Kier alpha value is -2.54. The molecular weight excluding hydrogens is 391 g/mol. The standard InChI is InChI=1S/C22H23FN2O3S/c23-18-8-6-17(7-9-18)21(27)24-12-10-22(11-13-24)25(14-15-29-22)20(26)16-28-19-4-2-1-3-5-19/h1-9H,10-16H2. The van der Waals surface area contributed by atoms with Crippen LogP contribution in [0.25, 0.3) is 0 Å². The third-order valence-corrected chi connectivity index (χ3v) is 7.06. The summed E-state index contributed by atoms with van der Waals surface area (Å²) in [5.74, 6) is 1.11. The van der Waals surface area contributed by atoms with Crippen molar-refractivity contribution >= 4 is 23.6 Å². The van der Waals surface area contributed by atoms with E-state index in [1.165, 1.54) is 24.3 Å². The Labute approximate surface area is 173 Å². The molecule has 0 radical (unpaired) electrons. The van der Waals surface area contributed by atoms with Crippen molar-refractivity contribution in [1.82, 2.24) is 9.80 Å². The summed E-state index contributed by atoms with van der Waals surface area (Å²) in [5.41, 5.74) is 0.491. The van der Waals surface area contributed by atoms with Gasteiger partial charge in [0.25, 0.3) is 11.8 Å². The lowest BCUT2D eigenvalue weighted by Crippen LogP contribution is -2.54. The maximum Gasteiger partial charge on any atom is 0.261 e. The lowest BCUT2D eigenvalue weighted by molar-refractivity contribution is -0.136. The van der Waals surface area contributed by atoms with Crippen LogP contribution in [0.5, 0.6) is 5.75 Å². The van der Waals surface area contributed by atoms with Crippen molar-refractivity contribution < 1.29 is 18.7 Å². The summed E-state index contributed by atoms with van der Waals surface area (Å²) in [7, 11) is 0. The van der Waals surface area contributed by atoms with E-state index in [4.69, 9.17) is 4.74 Å². The molecule has 1 spiro atoms. The van der Waals surface area contributed by atoms with Crippen LogP contribution in [0.1, 0.15) is 23.2 Å². The number of rotatable bonds is 4. The first-order valence-electron chi connectivity index (χ1n) is 9.75. The number of thioether (sulfide) groups is 1. The van der Waals surface area contributed by atoms with Gasteiger partial charge in [-0.1, -0.05) is 18.2 Å². The number of piperidine rings is 1. The van der Waals surface area contributed by atoms with Crippen LogP contribution >= 0.6 is 11.8 Å². The fourth-order valence-corrected chi connectivity index (χ4v) is 5.42. The molecular formula is C22H23FN2O3S. The average Bonchev–Trinajstić information content (AvgIpc) is 3.16. The van der Waals surface area contributed by atoms with Crippen molar-refractivity contribution in [3.63, 3.8) is 0 Å². The zero-order valence-corrected chi connectivity index (χ0v) is 16.9. The van der Waals surface area contributed by atoms with E-state index in [-0.39, 0.29) is 29.1 Å². The fourth-order valence-electron chi connectivity index (χ4n) is 3.95. The van der Waals surface area contributed by atoms with E-state index in [2.05, 4.69) is 0 Å². The van der Waals surface area contributed by atoms with Crippen LogP contribution in [0.2, 0.25) is 0 Å². The Morgan fingerprint density at radius 2 is 1.69 bits per heavy atom. The van der Waals surface area contributed by atoms with Crippen LogP contribution in [-0.4, -0.2) is 58.5 Å². The second kappa shape index (κ2) is 8.45. The molecule has 2 aliphatic heterocycles. The number of hydrogen-bond donors (Lipinski definition) is 0. The van der Waals surface area contributed by atoms with Crippen LogP contribution in [0.3, 0.4) is 0 Å². The number of hydrogen-bond acceptors (Lipinski definition) is 4. The molecule has 0 saturated carbocycles. The summed E-state index contributed by atoms with van der Waals surface area (Å²) in [5, 5.41) is 0. The number of ether oxygens (including phenoxy) is 1. The molecule has 29 heavy (non-hydrogen) atoms. The number of carbonyl (C=O) groups excluding carboxylic acids is 2. The zero-order chi connectivity index (χ0) is 20.3. The molecule has 0 aliphatic carbocycles. The Morgan fingerprint density at radius 3 is 2.38 bits per heavy atom. The number of benzene rings is 2. The van der Waals surface area contributed by atoms with Gasteiger partial charge in [0.1, 0.15) is 11.6 Å². The Kier molecular flexibility index (Phi) is 5.76. The van der Waals surface area contributed by atoms with E-state index in [9.17, 15) is 14.0 Å². The highest BCUT2D eigenvalue weighted by molar-refractivity contribution is 8.00. The maximum atomic E-state index is 13.1. The van der Waals surface area contributed by atoms with Crippen LogP contribution in [0, 0.1) is 5.82 Å². The molecule has 2 heterocycles. The summed E-state index contributed by atoms with van der Waals surface area (Å²) in [6.07, 6.45) is 1.45. The van der Waals surface area contributed by atoms with Crippen LogP contribution < -0.4 is 4.74 Å². The molecule has 5 nitrogen and oxygen atoms in total. The molecule has 2 aromatic carbocycles. The SMILES string of the molecule is O=C(c1ccc(F)cc1)N1CCC2(CC1)SCCN2C(=O)COc1ccccc1. The Balaban J connectivity index is 1.36. The minimum atomic E-state index is -0.353. The molecule has 4 rings (SSSR count). The van der Waals surface area contributed by atoms with Gasteiger partial charge in [0.05, 0.1) is 4.87 Å². The number of nitrogens with zero attached hydrogens (tertiary/aromatic N) is 2. The van der Waals surface area contributed by atoms with Crippen molar-refractivity contribution in [2.24, 2.45) is 0 Å². The number of amides is 2. The normalized spacial score (nSPS) is 18.1. The van der Waals surface area contributed by atoms with E-state index in [1.807, 2.05) is 35.2 Å². The van der Waals surface area contributed by atoms with Crippen molar-refractivity contribution in [3.8, 4) is 5.75 Å². The second-order valence-electron chi connectivity index (χ2n) is 7.24. The molecule has 0 atom stereocenters. The average molecular weight is 415 g/mol. The van der Waals surface area contributed by atoms with E-state index in [1.54, 1.807) is 16.7 Å². The summed E-state index contributed by atoms with van der Waals surface area (Å²) >= 11 is 1.80. The molecule has 2 saturated heterocycles. The predicted molar refractivity (Wildman–Crippen MR) is 110 cm³/mol. The maximum absolute atomic E-state index is 13.1. The highest BCUT2D eigenvalue weighted by Gasteiger charge is 2.46. The Bertz CT molecular complexity index is 867. The van der Waals surface area contributed by atoms with Gasteiger partial charge >= 0.3 is 0 Å². The van der Waals surface area contributed by atoms with Crippen LogP contribution in [-0.2, 0) is 4.79 Å². The summed E-state index contributed by atoms with van der Waals surface area (Å²) < 4.78 is 18.8. The van der Waals surface area contributed by atoms with Gasteiger partial charge in [-0.2, -0.15) is 0 Å². The molecule has 2 aromatic rings. The van der Waals surface area contributed by atoms with Crippen molar-refractivity contribution in [2.75, 3.05) is 32.0 Å². The minimum Gasteiger partial charge on any atom is -0.484 e. The first-order valence-corrected chi connectivity index (χ1v) is 10.7. The molecule has 2 amide bonds. The molecule has 7 heteroatoms. The highest BCUT2D eigenvalue weighted by atomic mass is 32.2. The monoisotopic (exact) mass is 414 g/mol. The second-order valence-corrected chi connectivity index (χ2v) is 8.70. The highest BCUT2D eigenvalue weighted by Crippen LogP contribution is 2.44. The molecule has 152 valence electrons. The van der Waals surface area contributed by atoms with Gasteiger partial charge < -0.3 is 14.5 Å². The molecule has 0 aromatic heterocycles. The summed E-state index contributed by atoms with van der Waals surface area (Å²) in [4.78, 5) is 29.0. The molecule has 2 fully saturated rings. The van der Waals surface area contributed by atoms with Crippen LogP contribution in [0.15, 0.2) is 54.6 Å². The largest absolute Gasteiger partial charge is 0.484 e. The zero-order valence-electron chi connectivity index (χ0n) is 16.1. The third kappa shape index (κ3) is 4.24. The minimum absolute atomic E-state index is 0.0165. The molecule has 0 N–H and O–H groups in total. The summed E-state index contributed by atoms with van der Waals surface area (Å²) in [6.45, 7) is 1.87. The van der Waals surface area contributed by atoms with E-state index in [0.717, 1.165) is 18.6 Å². The number of likely N-dealkylation sites (tertiary alicyclic amines) is 1. The first kappa shape index (κ1) is 19.8. The molecule has 2 aliphatic rings. The van der Waals surface area contributed by atoms with Gasteiger partial charge in [0.15, 0.2) is 6.61 Å². The topological polar surface area (TPSA) is 49.9 Å². The van der Waals surface area contributed by atoms with Crippen LogP contribution in [0.4, 0.5) is 4.39 Å².